The standard InChI is InChI=1S/C13H17N3O4/c1-15(8-9-4-3-7-20-9)13(17)10-5-2-6-11(12(10)14)16(18)19/h2,5-6,9H,3-4,7-8,14H2,1H3. The van der Waals surface area contributed by atoms with Gasteiger partial charge in [-0.25, -0.2) is 0 Å². The number of nitrogen functional groups attached to an aromatic ring is 1. The van der Waals surface area contributed by atoms with Crippen molar-refractivity contribution in [2.24, 2.45) is 0 Å². The van der Waals surface area contributed by atoms with Crippen LogP contribution in [-0.4, -0.2) is 42.0 Å². The van der Waals surface area contributed by atoms with Crippen molar-refractivity contribution in [3.8, 4) is 0 Å². The van der Waals surface area contributed by atoms with Crippen LogP contribution >= 0.6 is 0 Å². The number of carbonyl (C=O) groups excluding carboxylic acids is 1. The quantitative estimate of drug-likeness (QED) is 0.510. The van der Waals surface area contributed by atoms with E-state index >= 15 is 0 Å². The Kier molecular flexibility index (Phi) is 4.19. The molecule has 108 valence electrons. The Hall–Kier alpha value is -2.15. The Morgan fingerprint density at radius 3 is 2.95 bits per heavy atom. The van der Waals surface area contributed by atoms with Crippen LogP contribution in [0.25, 0.3) is 0 Å². The third-order valence-corrected chi connectivity index (χ3v) is 3.36. The lowest BCUT2D eigenvalue weighted by molar-refractivity contribution is -0.383. The zero-order valence-electron chi connectivity index (χ0n) is 11.2. The first-order valence-electron chi connectivity index (χ1n) is 6.40. The molecule has 0 aromatic heterocycles. The minimum absolute atomic E-state index is 0.0314. The molecule has 20 heavy (non-hydrogen) atoms. The lowest BCUT2D eigenvalue weighted by atomic mass is 10.1. The zero-order chi connectivity index (χ0) is 14.7. The second-order valence-electron chi connectivity index (χ2n) is 4.82. The van der Waals surface area contributed by atoms with Crippen molar-refractivity contribution < 1.29 is 14.5 Å². The van der Waals surface area contributed by atoms with E-state index in [1.54, 1.807) is 7.05 Å². The maximum absolute atomic E-state index is 12.3. The lowest BCUT2D eigenvalue weighted by Crippen LogP contribution is -2.34. The van der Waals surface area contributed by atoms with Gasteiger partial charge in [0.1, 0.15) is 5.69 Å². The van der Waals surface area contributed by atoms with Crippen molar-refractivity contribution in [1.82, 2.24) is 4.90 Å². The molecule has 1 aliphatic heterocycles. The van der Waals surface area contributed by atoms with Crippen LogP contribution in [0.15, 0.2) is 18.2 Å². The number of amides is 1. The van der Waals surface area contributed by atoms with Gasteiger partial charge in [0.15, 0.2) is 0 Å². The highest BCUT2D eigenvalue weighted by atomic mass is 16.6. The first kappa shape index (κ1) is 14.3. The van der Waals surface area contributed by atoms with Crippen molar-refractivity contribution in [2.75, 3.05) is 25.9 Å². The van der Waals surface area contributed by atoms with Gasteiger partial charge in [0.2, 0.25) is 0 Å². The summed E-state index contributed by atoms with van der Waals surface area (Å²) in [7, 11) is 1.64. The summed E-state index contributed by atoms with van der Waals surface area (Å²) >= 11 is 0. The van der Waals surface area contributed by atoms with Gasteiger partial charge in [-0.15, -0.1) is 0 Å². The van der Waals surface area contributed by atoms with Crippen LogP contribution in [-0.2, 0) is 4.74 Å². The van der Waals surface area contributed by atoms with Gasteiger partial charge < -0.3 is 15.4 Å². The second-order valence-corrected chi connectivity index (χ2v) is 4.82. The molecule has 1 fully saturated rings. The molecule has 0 bridgehead atoms. The monoisotopic (exact) mass is 279 g/mol. The van der Waals surface area contributed by atoms with Crippen molar-refractivity contribution in [3.05, 3.63) is 33.9 Å². The molecular formula is C13H17N3O4. The number of nitrogens with two attached hydrogens (primary N) is 1. The summed E-state index contributed by atoms with van der Waals surface area (Å²) in [6, 6.07) is 4.24. The van der Waals surface area contributed by atoms with Gasteiger partial charge >= 0.3 is 0 Å². The molecule has 2 rings (SSSR count). The Morgan fingerprint density at radius 2 is 2.35 bits per heavy atom. The van der Waals surface area contributed by atoms with Crippen LogP contribution < -0.4 is 5.73 Å². The van der Waals surface area contributed by atoms with E-state index in [0.717, 1.165) is 12.8 Å². The van der Waals surface area contributed by atoms with Crippen LogP contribution in [0.4, 0.5) is 11.4 Å². The SMILES string of the molecule is CN(CC1CCCO1)C(=O)c1cccc([N+](=O)[O-])c1N. The van der Waals surface area contributed by atoms with Crippen molar-refractivity contribution in [1.29, 1.82) is 0 Å². The Bertz CT molecular complexity index is 526. The van der Waals surface area contributed by atoms with Gasteiger partial charge in [-0.3, -0.25) is 14.9 Å². The molecule has 1 heterocycles. The summed E-state index contributed by atoms with van der Waals surface area (Å²) in [5.74, 6) is -0.332. The van der Waals surface area contributed by atoms with E-state index in [2.05, 4.69) is 0 Å². The number of carbonyl (C=O) groups is 1. The van der Waals surface area contributed by atoms with E-state index in [4.69, 9.17) is 10.5 Å². The Labute approximate surface area is 116 Å². The van der Waals surface area contributed by atoms with Crippen molar-refractivity contribution >= 4 is 17.3 Å². The number of nitro groups is 1. The molecule has 1 aromatic carbocycles. The lowest BCUT2D eigenvalue weighted by Gasteiger charge is -2.21. The predicted octanol–water partition coefficient (Wildman–Crippen LogP) is 1.43. The molecule has 7 heteroatoms. The number of nitro benzene ring substituents is 1. The van der Waals surface area contributed by atoms with Crippen LogP contribution in [0.3, 0.4) is 0 Å². The van der Waals surface area contributed by atoms with Crippen LogP contribution in [0.1, 0.15) is 23.2 Å². The highest BCUT2D eigenvalue weighted by molar-refractivity contribution is 6.00. The number of nitrogens with zero attached hydrogens (tertiary/aromatic N) is 2. The Morgan fingerprint density at radius 1 is 1.60 bits per heavy atom. The fourth-order valence-corrected chi connectivity index (χ4v) is 2.28. The summed E-state index contributed by atoms with van der Waals surface area (Å²) in [6.07, 6.45) is 1.94. The number of likely N-dealkylation sites (N-methyl/N-ethyl adjacent to an activating group) is 1. The minimum Gasteiger partial charge on any atom is -0.393 e. The number of rotatable bonds is 4. The second kappa shape index (κ2) is 5.87. The number of anilines is 1. The third-order valence-electron chi connectivity index (χ3n) is 3.36. The maximum Gasteiger partial charge on any atom is 0.292 e. The molecule has 1 aromatic rings. The van der Waals surface area contributed by atoms with E-state index in [0.29, 0.717) is 13.2 Å². The van der Waals surface area contributed by atoms with Gasteiger partial charge in [0.05, 0.1) is 16.6 Å². The molecule has 0 saturated carbocycles. The van der Waals surface area contributed by atoms with Crippen LogP contribution in [0.2, 0.25) is 0 Å². The van der Waals surface area contributed by atoms with E-state index in [9.17, 15) is 14.9 Å². The number of ether oxygens (including phenoxy) is 1. The van der Waals surface area contributed by atoms with E-state index in [-0.39, 0.29) is 28.9 Å². The van der Waals surface area contributed by atoms with Gasteiger partial charge in [-0.05, 0) is 18.9 Å². The fourth-order valence-electron chi connectivity index (χ4n) is 2.28. The summed E-state index contributed by atoms with van der Waals surface area (Å²) in [5, 5.41) is 10.8. The van der Waals surface area contributed by atoms with E-state index in [1.807, 2.05) is 0 Å². The van der Waals surface area contributed by atoms with Gasteiger partial charge in [0, 0.05) is 26.3 Å². The van der Waals surface area contributed by atoms with Gasteiger partial charge in [-0.2, -0.15) is 0 Å². The van der Waals surface area contributed by atoms with Gasteiger partial charge in [-0.1, -0.05) is 6.07 Å². The molecular weight excluding hydrogens is 262 g/mol. The number of hydrogen-bond acceptors (Lipinski definition) is 5. The van der Waals surface area contributed by atoms with Crippen molar-refractivity contribution in [2.45, 2.75) is 18.9 Å². The van der Waals surface area contributed by atoms with E-state index in [1.165, 1.54) is 23.1 Å². The first-order valence-corrected chi connectivity index (χ1v) is 6.40. The summed E-state index contributed by atoms with van der Waals surface area (Å²) < 4.78 is 5.47. The topological polar surface area (TPSA) is 98.7 Å². The maximum atomic E-state index is 12.3. The Balaban J connectivity index is 2.15. The third kappa shape index (κ3) is 2.88. The smallest absolute Gasteiger partial charge is 0.292 e. The molecule has 1 saturated heterocycles. The van der Waals surface area contributed by atoms with Crippen LogP contribution in [0.5, 0.6) is 0 Å². The fraction of sp³-hybridized carbons (Fsp3) is 0.462. The normalized spacial score (nSPS) is 17.9. The van der Waals surface area contributed by atoms with E-state index < -0.39 is 4.92 Å². The highest BCUT2D eigenvalue weighted by Crippen LogP contribution is 2.26. The molecule has 1 atom stereocenters. The molecule has 1 amide bonds. The van der Waals surface area contributed by atoms with Crippen LogP contribution in [0, 0.1) is 10.1 Å². The highest BCUT2D eigenvalue weighted by Gasteiger charge is 2.24. The van der Waals surface area contributed by atoms with Gasteiger partial charge in [0.25, 0.3) is 11.6 Å². The largest absolute Gasteiger partial charge is 0.393 e. The number of hydrogen-bond donors (Lipinski definition) is 1. The summed E-state index contributed by atoms with van der Waals surface area (Å²) in [6.45, 7) is 1.17. The molecule has 7 nitrogen and oxygen atoms in total. The average molecular weight is 279 g/mol. The molecule has 1 unspecified atom stereocenters. The predicted molar refractivity (Wildman–Crippen MR) is 73.4 cm³/mol. The molecule has 2 N–H and O–H groups in total. The molecule has 0 spiro atoms. The minimum atomic E-state index is -0.591. The summed E-state index contributed by atoms with van der Waals surface area (Å²) in [4.78, 5) is 24.0. The molecule has 1 aliphatic rings. The number of para-hydroxylation sites is 1. The average Bonchev–Trinajstić information content (AvgIpc) is 2.90. The first-order chi connectivity index (χ1) is 9.50. The summed E-state index contributed by atoms with van der Waals surface area (Å²) in [5.41, 5.74) is 5.52. The number of benzene rings is 1. The zero-order valence-corrected chi connectivity index (χ0v) is 11.2. The van der Waals surface area contributed by atoms with Crippen molar-refractivity contribution in [3.63, 3.8) is 0 Å². The molecule has 0 aliphatic carbocycles. The molecule has 0 radical (unpaired) electrons.